The van der Waals surface area contributed by atoms with Gasteiger partial charge >= 0.3 is 0 Å². The molecule has 1 saturated heterocycles. The lowest BCUT2D eigenvalue weighted by molar-refractivity contribution is 0.477. The number of aromatic hydroxyl groups is 1. The van der Waals surface area contributed by atoms with Crippen molar-refractivity contribution in [2.75, 3.05) is 11.4 Å². The molecular formula is C23H19ClN4O. The Bertz CT molecular complexity index is 1180. The van der Waals surface area contributed by atoms with Crippen molar-refractivity contribution >= 4 is 28.3 Å². The standard InChI is InChI=1S/C23H19ClN4O/c24-16-9-10-17-19(13-16)26-22(18-6-1-2-8-21(18)29)27-23(17)28-12-4-7-20(28)15-5-3-11-25-14-15/h1-3,5-6,8-11,13-14,20,29H,4,7,12H2. The van der Waals surface area contributed by atoms with Crippen LogP contribution < -0.4 is 4.90 Å². The minimum atomic E-state index is 0.157. The van der Waals surface area contributed by atoms with E-state index in [-0.39, 0.29) is 11.8 Å². The number of hydrogen-bond acceptors (Lipinski definition) is 5. The first-order valence-electron chi connectivity index (χ1n) is 9.63. The lowest BCUT2D eigenvalue weighted by atomic mass is 10.1. The number of phenols is 1. The van der Waals surface area contributed by atoms with Crippen molar-refractivity contribution in [3.05, 3.63) is 77.6 Å². The van der Waals surface area contributed by atoms with E-state index in [1.807, 2.05) is 42.6 Å². The third-order valence-electron chi connectivity index (χ3n) is 5.38. The third kappa shape index (κ3) is 3.28. The van der Waals surface area contributed by atoms with Gasteiger partial charge in [-0.25, -0.2) is 9.97 Å². The molecule has 0 bridgehead atoms. The highest BCUT2D eigenvalue weighted by molar-refractivity contribution is 6.31. The summed E-state index contributed by atoms with van der Waals surface area (Å²) in [4.78, 5) is 16.2. The van der Waals surface area contributed by atoms with E-state index in [1.165, 1.54) is 5.56 Å². The molecule has 2 aromatic heterocycles. The zero-order valence-corrected chi connectivity index (χ0v) is 16.4. The van der Waals surface area contributed by atoms with Crippen molar-refractivity contribution in [3.63, 3.8) is 0 Å². The van der Waals surface area contributed by atoms with Gasteiger partial charge in [0.25, 0.3) is 0 Å². The van der Waals surface area contributed by atoms with E-state index in [1.54, 1.807) is 18.3 Å². The SMILES string of the molecule is Oc1ccccc1-c1nc(N2CCCC2c2cccnc2)c2ccc(Cl)cc2n1. The fourth-order valence-electron chi connectivity index (χ4n) is 4.03. The van der Waals surface area contributed by atoms with Crippen LogP contribution in [0.25, 0.3) is 22.3 Å². The smallest absolute Gasteiger partial charge is 0.165 e. The number of fused-ring (bicyclic) bond motifs is 1. The van der Waals surface area contributed by atoms with Crippen molar-refractivity contribution in [2.24, 2.45) is 0 Å². The minimum absolute atomic E-state index is 0.157. The van der Waals surface area contributed by atoms with Crippen LogP contribution >= 0.6 is 11.6 Å². The molecule has 0 radical (unpaired) electrons. The third-order valence-corrected chi connectivity index (χ3v) is 5.61. The Balaban J connectivity index is 1.71. The first kappa shape index (κ1) is 17.9. The van der Waals surface area contributed by atoms with Crippen molar-refractivity contribution in [2.45, 2.75) is 18.9 Å². The van der Waals surface area contributed by atoms with E-state index >= 15 is 0 Å². The monoisotopic (exact) mass is 402 g/mol. The second kappa shape index (κ2) is 7.33. The van der Waals surface area contributed by atoms with Crippen LogP contribution in [-0.2, 0) is 0 Å². The quantitative estimate of drug-likeness (QED) is 0.497. The number of pyridine rings is 1. The first-order chi connectivity index (χ1) is 14.2. The van der Waals surface area contributed by atoms with Gasteiger partial charge in [0.2, 0.25) is 0 Å². The summed E-state index contributed by atoms with van der Waals surface area (Å²) in [6.45, 7) is 0.897. The van der Waals surface area contributed by atoms with E-state index in [2.05, 4.69) is 16.0 Å². The molecule has 0 amide bonds. The summed E-state index contributed by atoms with van der Waals surface area (Å²) in [6.07, 6.45) is 5.83. The first-order valence-corrected chi connectivity index (χ1v) is 10.0. The van der Waals surface area contributed by atoms with Gasteiger partial charge in [-0.1, -0.05) is 29.8 Å². The van der Waals surface area contributed by atoms with Crippen LogP contribution in [0.15, 0.2) is 67.0 Å². The van der Waals surface area contributed by atoms with Crippen LogP contribution in [0.5, 0.6) is 5.75 Å². The van der Waals surface area contributed by atoms with Crippen molar-refractivity contribution in [1.82, 2.24) is 15.0 Å². The molecule has 144 valence electrons. The second-order valence-electron chi connectivity index (χ2n) is 7.19. The number of hydrogen-bond donors (Lipinski definition) is 1. The fraction of sp³-hybridized carbons (Fsp3) is 0.174. The van der Waals surface area contributed by atoms with E-state index in [0.29, 0.717) is 16.4 Å². The lowest BCUT2D eigenvalue weighted by Crippen LogP contribution is -2.24. The van der Waals surface area contributed by atoms with Gasteiger partial charge in [0.15, 0.2) is 5.82 Å². The Hall–Kier alpha value is -3.18. The van der Waals surface area contributed by atoms with Gasteiger partial charge in [-0.3, -0.25) is 4.98 Å². The maximum atomic E-state index is 10.3. The van der Waals surface area contributed by atoms with Gasteiger partial charge < -0.3 is 10.0 Å². The molecule has 5 nitrogen and oxygen atoms in total. The van der Waals surface area contributed by atoms with Gasteiger partial charge in [-0.05, 0) is 54.8 Å². The number of halogens is 1. The van der Waals surface area contributed by atoms with Crippen molar-refractivity contribution in [3.8, 4) is 17.1 Å². The molecule has 1 fully saturated rings. The highest BCUT2D eigenvalue weighted by atomic mass is 35.5. The molecule has 3 heterocycles. The number of benzene rings is 2. The average molecular weight is 403 g/mol. The van der Waals surface area contributed by atoms with E-state index in [4.69, 9.17) is 21.6 Å². The maximum Gasteiger partial charge on any atom is 0.165 e. The lowest BCUT2D eigenvalue weighted by Gasteiger charge is -2.27. The Labute approximate surface area is 173 Å². The molecule has 1 aliphatic heterocycles. The largest absolute Gasteiger partial charge is 0.507 e. The summed E-state index contributed by atoms with van der Waals surface area (Å²) in [5, 5.41) is 11.9. The van der Waals surface area contributed by atoms with E-state index in [9.17, 15) is 5.11 Å². The molecular weight excluding hydrogens is 384 g/mol. The van der Waals surface area contributed by atoms with Gasteiger partial charge in [0.05, 0.1) is 17.1 Å². The van der Waals surface area contributed by atoms with Gasteiger partial charge in [0, 0.05) is 29.3 Å². The Morgan fingerprint density at radius 3 is 2.76 bits per heavy atom. The zero-order valence-electron chi connectivity index (χ0n) is 15.7. The number of anilines is 1. The summed E-state index contributed by atoms with van der Waals surface area (Å²) < 4.78 is 0. The summed E-state index contributed by atoms with van der Waals surface area (Å²) in [5.74, 6) is 1.51. The Morgan fingerprint density at radius 2 is 1.93 bits per heavy atom. The summed E-state index contributed by atoms with van der Waals surface area (Å²) >= 11 is 6.25. The second-order valence-corrected chi connectivity index (χ2v) is 7.62. The summed E-state index contributed by atoms with van der Waals surface area (Å²) in [6, 6.07) is 17.1. The number of aromatic nitrogens is 3. The molecule has 1 N–H and O–H groups in total. The molecule has 1 unspecified atom stereocenters. The van der Waals surface area contributed by atoms with Crippen molar-refractivity contribution in [1.29, 1.82) is 0 Å². The molecule has 0 aliphatic carbocycles. The van der Waals surface area contributed by atoms with Gasteiger partial charge in [-0.2, -0.15) is 0 Å². The summed E-state index contributed by atoms with van der Waals surface area (Å²) in [7, 11) is 0. The number of rotatable bonds is 3. The molecule has 1 atom stereocenters. The maximum absolute atomic E-state index is 10.3. The van der Waals surface area contributed by atoms with Gasteiger partial charge in [0.1, 0.15) is 11.6 Å². The van der Waals surface area contributed by atoms with Crippen LogP contribution in [0, 0.1) is 0 Å². The molecule has 6 heteroatoms. The summed E-state index contributed by atoms with van der Waals surface area (Å²) in [5.41, 5.74) is 2.54. The molecule has 0 saturated carbocycles. The highest BCUT2D eigenvalue weighted by Crippen LogP contribution is 2.39. The van der Waals surface area contributed by atoms with Crippen LogP contribution in [-0.4, -0.2) is 26.6 Å². The van der Waals surface area contributed by atoms with Gasteiger partial charge in [-0.15, -0.1) is 0 Å². The predicted molar refractivity (Wildman–Crippen MR) is 115 cm³/mol. The van der Waals surface area contributed by atoms with E-state index in [0.717, 1.165) is 36.1 Å². The fourth-order valence-corrected chi connectivity index (χ4v) is 4.19. The van der Waals surface area contributed by atoms with Crippen molar-refractivity contribution < 1.29 is 5.11 Å². The normalized spacial score (nSPS) is 16.4. The molecule has 1 aliphatic rings. The van der Waals surface area contributed by atoms with Crippen LogP contribution in [0.2, 0.25) is 5.02 Å². The van der Waals surface area contributed by atoms with Crippen LogP contribution in [0.3, 0.4) is 0 Å². The molecule has 29 heavy (non-hydrogen) atoms. The number of phenolic OH excluding ortho intramolecular Hbond substituents is 1. The number of para-hydroxylation sites is 1. The Morgan fingerprint density at radius 1 is 1.03 bits per heavy atom. The predicted octanol–water partition coefficient (Wildman–Crippen LogP) is 5.39. The molecule has 5 rings (SSSR count). The molecule has 4 aromatic rings. The van der Waals surface area contributed by atoms with Crippen LogP contribution in [0.4, 0.5) is 5.82 Å². The average Bonchev–Trinajstić information content (AvgIpc) is 3.23. The molecule has 2 aromatic carbocycles. The minimum Gasteiger partial charge on any atom is -0.507 e. The highest BCUT2D eigenvalue weighted by Gasteiger charge is 2.29. The number of nitrogens with zero attached hydrogens (tertiary/aromatic N) is 4. The Kier molecular flexibility index (Phi) is 4.52. The zero-order chi connectivity index (χ0) is 19.8. The topological polar surface area (TPSA) is 62.1 Å². The molecule has 0 spiro atoms. The van der Waals surface area contributed by atoms with Crippen LogP contribution in [0.1, 0.15) is 24.4 Å². The van der Waals surface area contributed by atoms with E-state index < -0.39 is 0 Å².